The van der Waals surface area contributed by atoms with Crippen LogP contribution in [0.15, 0.2) is 18.2 Å². The maximum atomic E-state index is 11.1. The third-order valence-corrected chi connectivity index (χ3v) is 2.67. The van der Waals surface area contributed by atoms with E-state index < -0.39 is 17.4 Å². The van der Waals surface area contributed by atoms with Crippen molar-refractivity contribution < 1.29 is 24.5 Å². The first-order chi connectivity index (χ1) is 7.80. The van der Waals surface area contributed by atoms with Crippen LogP contribution in [0, 0.1) is 0 Å². The van der Waals surface area contributed by atoms with E-state index in [1.807, 2.05) is 0 Å². The fraction of sp³-hybridized carbons (Fsp3) is 0.333. The second-order valence-electron chi connectivity index (χ2n) is 4.15. The Morgan fingerprint density at radius 1 is 1.24 bits per heavy atom. The molecule has 0 aliphatic carbocycles. The van der Waals surface area contributed by atoms with Crippen molar-refractivity contribution in [3.05, 3.63) is 29.3 Å². The SMILES string of the molecule is COc1ccc(C(C)(C)C(=O)O)c(C(=O)O)c1. The van der Waals surface area contributed by atoms with Gasteiger partial charge in [-0.1, -0.05) is 6.07 Å². The highest BCUT2D eigenvalue weighted by Gasteiger charge is 2.33. The van der Waals surface area contributed by atoms with Gasteiger partial charge >= 0.3 is 11.9 Å². The van der Waals surface area contributed by atoms with Crippen LogP contribution in [0.5, 0.6) is 5.75 Å². The predicted octanol–water partition coefficient (Wildman–Crippen LogP) is 1.76. The first-order valence-electron chi connectivity index (χ1n) is 4.96. The van der Waals surface area contributed by atoms with E-state index in [1.54, 1.807) is 6.07 Å². The van der Waals surface area contributed by atoms with Crippen LogP contribution in [0.2, 0.25) is 0 Å². The minimum absolute atomic E-state index is 0.0586. The van der Waals surface area contributed by atoms with Gasteiger partial charge in [0.25, 0.3) is 0 Å². The molecule has 0 bridgehead atoms. The number of carboxylic acids is 2. The Kier molecular flexibility index (Phi) is 3.41. The number of carbonyl (C=O) groups is 2. The Bertz CT molecular complexity index is 462. The number of carboxylic acid groups (broad SMARTS) is 2. The summed E-state index contributed by atoms with van der Waals surface area (Å²) in [4.78, 5) is 22.2. The van der Waals surface area contributed by atoms with Crippen molar-refractivity contribution in [1.29, 1.82) is 0 Å². The van der Waals surface area contributed by atoms with Crippen LogP contribution in [0.25, 0.3) is 0 Å². The number of benzene rings is 1. The van der Waals surface area contributed by atoms with Gasteiger partial charge in [-0.3, -0.25) is 4.79 Å². The van der Waals surface area contributed by atoms with Gasteiger partial charge in [0.1, 0.15) is 5.75 Å². The number of rotatable bonds is 4. The number of methoxy groups -OCH3 is 1. The van der Waals surface area contributed by atoms with Crippen LogP contribution in [0.4, 0.5) is 0 Å². The van der Waals surface area contributed by atoms with Crippen molar-refractivity contribution in [2.45, 2.75) is 19.3 Å². The van der Waals surface area contributed by atoms with Gasteiger partial charge < -0.3 is 14.9 Å². The Balaban J connectivity index is 3.43. The van der Waals surface area contributed by atoms with E-state index >= 15 is 0 Å². The molecular weight excluding hydrogens is 224 g/mol. The summed E-state index contributed by atoms with van der Waals surface area (Å²) in [6.45, 7) is 2.92. The van der Waals surface area contributed by atoms with E-state index in [0.717, 1.165) is 0 Å². The summed E-state index contributed by atoms with van der Waals surface area (Å²) in [6.07, 6.45) is 0. The molecule has 5 nitrogen and oxygen atoms in total. The van der Waals surface area contributed by atoms with Crippen LogP contribution >= 0.6 is 0 Å². The van der Waals surface area contributed by atoms with Crippen LogP contribution in [-0.2, 0) is 10.2 Å². The van der Waals surface area contributed by atoms with Crippen molar-refractivity contribution in [3.8, 4) is 5.75 Å². The number of aliphatic carboxylic acids is 1. The molecule has 5 heteroatoms. The van der Waals surface area contributed by atoms with Crippen LogP contribution < -0.4 is 4.74 Å². The number of hydrogen-bond donors (Lipinski definition) is 2. The predicted molar refractivity (Wildman–Crippen MR) is 60.6 cm³/mol. The van der Waals surface area contributed by atoms with Crippen LogP contribution in [0.1, 0.15) is 29.8 Å². The smallest absolute Gasteiger partial charge is 0.336 e. The molecule has 0 saturated heterocycles. The molecule has 0 aliphatic rings. The van der Waals surface area contributed by atoms with Crippen molar-refractivity contribution in [3.63, 3.8) is 0 Å². The van der Waals surface area contributed by atoms with Crippen LogP contribution in [0.3, 0.4) is 0 Å². The quantitative estimate of drug-likeness (QED) is 0.834. The highest BCUT2D eigenvalue weighted by molar-refractivity contribution is 5.93. The zero-order chi connectivity index (χ0) is 13.2. The molecule has 1 rings (SSSR count). The topological polar surface area (TPSA) is 83.8 Å². The van der Waals surface area contributed by atoms with E-state index in [-0.39, 0.29) is 11.1 Å². The van der Waals surface area contributed by atoms with E-state index in [1.165, 1.54) is 33.1 Å². The van der Waals surface area contributed by atoms with Gasteiger partial charge in [-0.15, -0.1) is 0 Å². The molecule has 0 unspecified atom stereocenters. The molecule has 1 aromatic rings. The highest BCUT2D eigenvalue weighted by Crippen LogP contribution is 2.29. The summed E-state index contributed by atoms with van der Waals surface area (Å²) in [5.74, 6) is -1.87. The summed E-state index contributed by atoms with van der Waals surface area (Å²) in [5, 5.41) is 18.2. The van der Waals surface area contributed by atoms with Gasteiger partial charge in [0.2, 0.25) is 0 Å². The van der Waals surface area contributed by atoms with Crippen molar-refractivity contribution >= 4 is 11.9 Å². The number of ether oxygens (including phenoxy) is 1. The molecule has 0 radical (unpaired) electrons. The average Bonchev–Trinajstić information content (AvgIpc) is 2.27. The van der Waals surface area contributed by atoms with Gasteiger partial charge in [0.05, 0.1) is 18.1 Å². The lowest BCUT2D eigenvalue weighted by molar-refractivity contribution is -0.142. The zero-order valence-electron chi connectivity index (χ0n) is 9.85. The van der Waals surface area contributed by atoms with Gasteiger partial charge in [-0.05, 0) is 31.5 Å². The van der Waals surface area contributed by atoms with Crippen molar-refractivity contribution in [2.24, 2.45) is 0 Å². The highest BCUT2D eigenvalue weighted by atomic mass is 16.5. The van der Waals surface area contributed by atoms with Crippen LogP contribution in [-0.4, -0.2) is 29.3 Å². The number of aromatic carboxylic acids is 1. The Morgan fingerprint density at radius 3 is 2.24 bits per heavy atom. The molecule has 0 aliphatic heterocycles. The lowest BCUT2D eigenvalue weighted by atomic mass is 9.82. The molecular formula is C12H14O5. The normalized spacial score (nSPS) is 11.0. The molecule has 0 fully saturated rings. The maximum absolute atomic E-state index is 11.1. The fourth-order valence-corrected chi connectivity index (χ4v) is 1.49. The molecule has 2 N–H and O–H groups in total. The first-order valence-corrected chi connectivity index (χ1v) is 4.96. The largest absolute Gasteiger partial charge is 0.497 e. The Labute approximate surface area is 98.6 Å². The van der Waals surface area contributed by atoms with Gasteiger partial charge in [-0.2, -0.15) is 0 Å². The van der Waals surface area contributed by atoms with Crippen molar-refractivity contribution in [2.75, 3.05) is 7.11 Å². The fourth-order valence-electron chi connectivity index (χ4n) is 1.49. The van der Waals surface area contributed by atoms with E-state index in [2.05, 4.69) is 0 Å². The molecule has 0 atom stereocenters. The van der Waals surface area contributed by atoms with E-state index in [0.29, 0.717) is 5.75 Å². The lowest BCUT2D eigenvalue weighted by Gasteiger charge is -2.22. The molecule has 92 valence electrons. The second kappa shape index (κ2) is 4.45. The summed E-state index contributed by atoms with van der Waals surface area (Å²) in [7, 11) is 1.42. The van der Waals surface area contributed by atoms with E-state index in [4.69, 9.17) is 14.9 Å². The minimum atomic E-state index is -1.26. The standard InChI is InChI=1S/C12H14O5/c1-12(2,11(15)16)9-5-4-7(17-3)6-8(9)10(13)14/h4-6H,1-3H3,(H,13,14)(H,15,16). The molecule has 0 spiro atoms. The monoisotopic (exact) mass is 238 g/mol. The van der Waals surface area contributed by atoms with Gasteiger partial charge in [0, 0.05) is 0 Å². The average molecular weight is 238 g/mol. The third kappa shape index (κ3) is 2.38. The first kappa shape index (κ1) is 13.0. The van der Waals surface area contributed by atoms with Gasteiger partial charge in [0.15, 0.2) is 0 Å². The number of hydrogen-bond acceptors (Lipinski definition) is 3. The molecule has 0 saturated carbocycles. The summed E-state index contributed by atoms with van der Waals surface area (Å²) >= 11 is 0. The second-order valence-corrected chi connectivity index (χ2v) is 4.15. The zero-order valence-corrected chi connectivity index (χ0v) is 9.85. The Morgan fingerprint density at radius 2 is 1.82 bits per heavy atom. The lowest BCUT2D eigenvalue weighted by Crippen LogP contribution is -2.30. The molecule has 0 amide bonds. The molecule has 0 heterocycles. The summed E-state index contributed by atoms with van der Waals surface area (Å²) in [6, 6.07) is 4.34. The molecule has 1 aromatic carbocycles. The Hall–Kier alpha value is -2.04. The minimum Gasteiger partial charge on any atom is -0.497 e. The summed E-state index contributed by atoms with van der Waals surface area (Å²) in [5.41, 5.74) is -1.07. The maximum Gasteiger partial charge on any atom is 0.336 e. The summed E-state index contributed by atoms with van der Waals surface area (Å²) < 4.78 is 4.92. The third-order valence-electron chi connectivity index (χ3n) is 2.67. The van der Waals surface area contributed by atoms with Crippen molar-refractivity contribution in [1.82, 2.24) is 0 Å². The van der Waals surface area contributed by atoms with Gasteiger partial charge in [-0.25, -0.2) is 4.79 Å². The molecule has 17 heavy (non-hydrogen) atoms. The molecule has 0 aromatic heterocycles. The van der Waals surface area contributed by atoms with E-state index in [9.17, 15) is 9.59 Å².